The van der Waals surface area contributed by atoms with Crippen LogP contribution in [0.3, 0.4) is 0 Å². The number of rotatable bonds is 6. The van der Waals surface area contributed by atoms with E-state index in [4.69, 9.17) is 17.0 Å². The lowest BCUT2D eigenvalue weighted by molar-refractivity contribution is 0.320. The van der Waals surface area contributed by atoms with E-state index in [0.717, 1.165) is 47.5 Å². The Kier molecular flexibility index (Phi) is 4.42. The van der Waals surface area contributed by atoms with Gasteiger partial charge in [0, 0.05) is 6.54 Å². The number of fused-ring (bicyclic) bond motifs is 1. The Bertz CT molecular complexity index is 571. The lowest BCUT2D eigenvalue weighted by atomic mass is 10.2. The van der Waals surface area contributed by atoms with Crippen LogP contribution in [0.25, 0.3) is 11.0 Å². The first kappa shape index (κ1) is 13.1. The summed E-state index contributed by atoms with van der Waals surface area (Å²) in [5, 5.41) is 0. The van der Waals surface area contributed by atoms with E-state index in [1.54, 1.807) is 0 Å². The first-order chi connectivity index (χ1) is 8.77. The molecule has 1 N–H and O–H groups in total. The zero-order valence-electron chi connectivity index (χ0n) is 11.0. The lowest BCUT2D eigenvalue weighted by Crippen LogP contribution is -1.98. The Morgan fingerprint density at radius 3 is 2.83 bits per heavy atom. The van der Waals surface area contributed by atoms with Crippen molar-refractivity contribution >= 4 is 23.3 Å². The summed E-state index contributed by atoms with van der Waals surface area (Å²) in [6, 6.07) is 6.11. The molecule has 0 aliphatic carbocycles. The number of H-pyrrole nitrogens is 1. The fourth-order valence-electron chi connectivity index (χ4n) is 2.02. The Balaban J connectivity index is 2.42. The number of nitrogens with one attached hydrogen (secondary N) is 1. The molecule has 98 valence electrons. The highest BCUT2D eigenvalue weighted by atomic mass is 32.1. The minimum atomic E-state index is 0.736. The standard InChI is InChI=1S/C14H20N2OS/c1-3-5-9-16-11-7-6-8-12(17-10-4-2)13(11)15-14(16)18/h6-8H,3-5,9-10H2,1-2H3,(H,15,18). The SMILES string of the molecule is CCCCn1c(=S)[nH]c2c(OCCC)cccc21. The van der Waals surface area contributed by atoms with Crippen LogP contribution in [0.5, 0.6) is 5.75 Å². The van der Waals surface area contributed by atoms with Gasteiger partial charge in [-0.1, -0.05) is 26.3 Å². The average Bonchev–Trinajstić information content (AvgIpc) is 2.70. The van der Waals surface area contributed by atoms with Crippen molar-refractivity contribution in [3.63, 3.8) is 0 Å². The first-order valence-corrected chi connectivity index (χ1v) is 7.03. The van der Waals surface area contributed by atoms with E-state index < -0.39 is 0 Å². The van der Waals surface area contributed by atoms with Gasteiger partial charge in [-0.2, -0.15) is 0 Å². The summed E-state index contributed by atoms with van der Waals surface area (Å²) < 4.78 is 8.69. The third-order valence-electron chi connectivity index (χ3n) is 2.97. The normalized spacial score (nSPS) is 11.0. The number of aryl methyl sites for hydroxylation is 1. The molecule has 2 aromatic rings. The molecule has 0 aliphatic heterocycles. The number of imidazole rings is 1. The second-order valence-corrected chi connectivity index (χ2v) is 4.82. The quantitative estimate of drug-likeness (QED) is 0.789. The van der Waals surface area contributed by atoms with Gasteiger partial charge in [0.2, 0.25) is 0 Å². The maximum absolute atomic E-state index is 5.75. The van der Waals surface area contributed by atoms with Crippen LogP contribution in [0.2, 0.25) is 0 Å². The van der Waals surface area contributed by atoms with Crippen molar-refractivity contribution in [2.75, 3.05) is 6.61 Å². The molecule has 0 aliphatic rings. The summed E-state index contributed by atoms with van der Waals surface area (Å²) in [5.74, 6) is 0.899. The van der Waals surface area contributed by atoms with Crippen molar-refractivity contribution in [1.29, 1.82) is 0 Å². The zero-order valence-corrected chi connectivity index (χ0v) is 11.8. The highest BCUT2D eigenvalue weighted by molar-refractivity contribution is 7.71. The Hall–Kier alpha value is -1.29. The summed E-state index contributed by atoms with van der Waals surface area (Å²) in [6.45, 7) is 6.00. The van der Waals surface area contributed by atoms with Gasteiger partial charge in [0.15, 0.2) is 4.77 Å². The van der Waals surface area contributed by atoms with Crippen molar-refractivity contribution in [3.05, 3.63) is 23.0 Å². The molecule has 0 unspecified atom stereocenters. The number of hydrogen-bond acceptors (Lipinski definition) is 2. The zero-order chi connectivity index (χ0) is 13.0. The Morgan fingerprint density at radius 2 is 2.11 bits per heavy atom. The summed E-state index contributed by atoms with van der Waals surface area (Å²) in [5.41, 5.74) is 2.16. The molecule has 18 heavy (non-hydrogen) atoms. The topological polar surface area (TPSA) is 29.9 Å². The molecule has 3 nitrogen and oxygen atoms in total. The lowest BCUT2D eigenvalue weighted by Gasteiger charge is -2.06. The summed E-state index contributed by atoms with van der Waals surface area (Å²) in [7, 11) is 0. The van der Waals surface area contributed by atoms with Crippen LogP contribution in [0.15, 0.2) is 18.2 Å². The molecule has 0 bridgehead atoms. The van der Waals surface area contributed by atoms with Crippen molar-refractivity contribution < 1.29 is 4.74 Å². The second-order valence-electron chi connectivity index (χ2n) is 4.43. The van der Waals surface area contributed by atoms with Crippen LogP contribution in [-0.2, 0) is 6.54 Å². The molecular formula is C14H20N2OS. The molecule has 0 fully saturated rings. The molecule has 0 saturated carbocycles. The van der Waals surface area contributed by atoms with Gasteiger partial charge in [-0.25, -0.2) is 0 Å². The molecule has 0 spiro atoms. The van der Waals surface area contributed by atoms with Crippen LogP contribution in [0, 0.1) is 4.77 Å². The van der Waals surface area contributed by atoms with Crippen molar-refractivity contribution in [3.8, 4) is 5.75 Å². The van der Waals surface area contributed by atoms with E-state index in [1.165, 1.54) is 6.42 Å². The summed E-state index contributed by atoms with van der Waals surface area (Å²) >= 11 is 5.39. The number of ether oxygens (including phenoxy) is 1. The van der Waals surface area contributed by atoms with E-state index in [2.05, 4.69) is 29.5 Å². The van der Waals surface area contributed by atoms with Gasteiger partial charge < -0.3 is 14.3 Å². The maximum Gasteiger partial charge on any atom is 0.178 e. The molecule has 0 radical (unpaired) electrons. The number of nitrogens with zero attached hydrogens (tertiary/aromatic N) is 1. The van der Waals surface area contributed by atoms with Gasteiger partial charge in [-0.3, -0.25) is 0 Å². The fourth-order valence-corrected chi connectivity index (χ4v) is 2.32. The molecular weight excluding hydrogens is 244 g/mol. The maximum atomic E-state index is 5.75. The van der Waals surface area contributed by atoms with Gasteiger partial charge in [0.05, 0.1) is 12.1 Å². The van der Waals surface area contributed by atoms with Crippen LogP contribution in [-0.4, -0.2) is 16.2 Å². The van der Waals surface area contributed by atoms with E-state index in [9.17, 15) is 0 Å². The van der Waals surface area contributed by atoms with Crippen LogP contribution in [0.1, 0.15) is 33.1 Å². The fraction of sp³-hybridized carbons (Fsp3) is 0.500. The van der Waals surface area contributed by atoms with E-state index in [1.807, 2.05) is 12.1 Å². The Morgan fingerprint density at radius 1 is 1.28 bits per heavy atom. The summed E-state index contributed by atoms with van der Waals surface area (Å²) in [4.78, 5) is 3.27. The van der Waals surface area contributed by atoms with E-state index in [0.29, 0.717) is 0 Å². The van der Waals surface area contributed by atoms with Gasteiger partial charge in [0.1, 0.15) is 11.3 Å². The molecule has 0 saturated heterocycles. The van der Waals surface area contributed by atoms with Crippen LogP contribution < -0.4 is 4.74 Å². The monoisotopic (exact) mass is 264 g/mol. The molecule has 0 atom stereocenters. The van der Waals surface area contributed by atoms with Crippen LogP contribution >= 0.6 is 12.2 Å². The molecule has 0 amide bonds. The van der Waals surface area contributed by atoms with Gasteiger partial charge in [-0.05, 0) is 37.2 Å². The van der Waals surface area contributed by atoms with Gasteiger partial charge in [0.25, 0.3) is 0 Å². The largest absolute Gasteiger partial charge is 0.491 e. The van der Waals surface area contributed by atoms with Crippen molar-refractivity contribution in [2.24, 2.45) is 0 Å². The minimum absolute atomic E-state index is 0.736. The number of aromatic amines is 1. The molecule has 1 heterocycles. The number of unbranched alkanes of at least 4 members (excludes halogenated alkanes) is 1. The van der Waals surface area contributed by atoms with Crippen molar-refractivity contribution in [1.82, 2.24) is 9.55 Å². The van der Waals surface area contributed by atoms with Gasteiger partial charge >= 0.3 is 0 Å². The van der Waals surface area contributed by atoms with Crippen LogP contribution in [0.4, 0.5) is 0 Å². The van der Waals surface area contributed by atoms with Crippen molar-refractivity contribution in [2.45, 2.75) is 39.7 Å². The third kappa shape index (κ3) is 2.58. The summed E-state index contributed by atoms with van der Waals surface area (Å²) in [6.07, 6.45) is 3.31. The Labute approximate surface area is 113 Å². The molecule has 2 rings (SSSR count). The second kappa shape index (κ2) is 6.05. The highest BCUT2D eigenvalue weighted by Gasteiger charge is 2.08. The van der Waals surface area contributed by atoms with E-state index in [-0.39, 0.29) is 0 Å². The first-order valence-electron chi connectivity index (χ1n) is 6.62. The predicted octanol–water partition coefficient (Wildman–Crippen LogP) is 4.29. The third-order valence-corrected chi connectivity index (χ3v) is 3.29. The smallest absolute Gasteiger partial charge is 0.178 e. The molecule has 1 aromatic carbocycles. The number of aromatic nitrogens is 2. The highest BCUT2D eigenvalue weighted by Crippen LogP contribution is 2.25. The minimum Gasteiger partial charge on any atom is -0.491 e. The number of benzene rings is 1. The molecule has 1 aromatic heterocycles. The predicted molar refractivity (Wildman–Crippen MR) is 77.8 cm³/mol. The van der Waals surface area contributed by atoms with Gasteiger partial charge in [-0.15, -0.1) is 0 Å². The molecule has 4 heteroatoms. The average molecular weight is 264 g/mol. The number of para-hydroxylation sites is 1. The number of hydrogen-bond donors (Lipinski definition) is 1. The van der Waals surface area contributed by atoms with E-state index >= 15 is 0 Å².